The molecule has 4 heteroatoms. The summed E-state index contributed by atoms with van der Waals surface area (Å²) in [5.41, 5.74) is 0.592. The van der Waals surface area contributed by atoms with Gasteiger partial charge in [-0.2, -0.15) is 0 Å². The Labute approximate surface area is 135 Å². The van der Waals surface area contributed by atoms with Crippen LogP contribution in [0, 0.1) is 5.92 Å². The number of halogens is 1. The Kier molecular flexibility index (Phi) is 5.69. The molecule has 0 saturated heterocycles. The molecule has 1 aromatic rings. The van der Waals surface area contributed by atoms with E-state index in [-0.39, 0.29) is 0 Å². The Morgan fingerprint density at radius 1 is 1.33 bits per heavy atom. The van der Waals surface area contributed by atoms with E-state index in [1.54, 1.807) is 14.2 Å². The van der Waals surface area contributed by atoms with E-state index in [1.165, 1.54) is 0 Å². The van der Waals surface area contributed by atoms with Crippen molar-refractivity contribution in [3.05, 3.63) is 28.2 Å². The third-order valence-electron chi connectivity index (χ3n) is 4.79. The zero-order valence-electron chi connectivity index (χ0n) is 13.1. The fraction of sp³-hybridized carbons (Fsp3) is 0.647. The first-order valence-corrected chi connectivity index (χ1v) is 8.35. The maximum atomic E-state index is 10.8. The molecule has 1 aromatic carbocycles. The normalized spacial score (nSPS) is 27.4. The van der Waals surface area contributed by atoms with Gasteiger partial charge >= 0.3 is 0 Å². The first kappa shape index (κ1) is 16.8. The number of aliphatic hydroxyl groups is 1. The van der Waals surface area contributed by atoms with E-state index in [2.05, 4.69) is 22.9 Å². The van der Waals surface area contributed by atoms with Crippen molar-refractivity contribution in [1.82, 2.24) is 0 Å². The molecule has 1 N–H and O–H groups in total. The molecule has 0 aromatic heterocycles. The van der Waals surface area contributed by atoms with E-state index < -0.39 is 11.7 Å². The Morgan fingerprint density at radius 2 is 2.00 bits per heavy atom. The Balaban J connectivity index is 2.16. The zero-order chi connectivity index (χ0) is 15.5. The third-order valence-corrected chi connectivity index (χ3v) is 5.28. The summed E-state index contributed by atoms with van der Waals surface area (Å²) in [6.07, 6.45) is 4.09. The molecule has 0 amide bonds. The van der Waals surface area contributed by atoms with Gasteiger partial charge in [0.1, 0.15) is 5.75 Å². The minimum absolute atomic E-state index is 0.417. The summed E-state index contributed by atoms with van der Waals surface area (Å²) in [4.78, 5) is 0. The van der Waals surface area contributed by atoms with Crippen LogP contribution < -0.4 is 4.74 Å². The summed E-state index contributed by atoms with van der Waals surface area (Å²) in [6.45, 7) is 2.27. The zero-order valence-corrected chi connectivity index (χ0v) is 14.6. The van der Waals surface area contributed by atoms with Crippen molar-refractivity contribution < 1.29 is 14.6 Å². The van der Waals surface area contributed by atoms with Crippen molar-refractivity contribution in [2.45, 2.75) is 50.7 Å². The molecule has 1 atom stereocenters. The van der Waals surface area contributed by atoms with Crippen molar-refractivity contribution >= 4 is 15.9 Å². The molecular weight excluding hydrogens is 332 g/mol. The maximum Gasteiger partial charge on any atom is 0.122 e. The molecular formula is C17H25BrO3. The highest BCUT2D eigenvalue weighted by Gasteiger charge is 2.40. The number of methoxy groups -OCH3 is 2. The van der Waals surface area contributed by atoms with E-state index in [4.69, 9.17) is 9.47 Å². The molecule has 21 heavy (non-hydrogen) atoms. The van der Waals surface area contributed by atoms with Crippen LogP contribution in [0.5, 0.6) is 5.75 Å². The predicted molar refractivity (Wildman–Crippen MR) is 87.8 cm³/mol. The van der Waals surface area contributed by atoms with Gasteiger partial charge in [-0.1, -0.05) is 22.9 Å². The molecule has 0 heterocycles. The lowest BCUT2D eigenvalue weighted by molar-refractivity contribution is -0.127. The van der Waals surface area contributed by atoms with E-state index in [1.807, 2.05) is 18.2 Å². The topological polar surface area (TPSA) is 38.7 Å². The molecule has 118 valence electrons. The summed E-state index contributed by atoms with van der Waals surface area (Å²) in [5.74, 6) is 1.54. The number of benzene rings is 1. The van der Waals surface area contributed by atoms with Crippen LogP contribution in [0.1, 0.15) is 38.2 Å². The quantitative estimate of drug-likeness (QED) is 0.867. The molecule has 0 spiro atoms. The van der Waals surface area contributed by atoms with Crippen LogP contribution in [0.25, 0.3) is 0 Å². The van der Waals surface area contributed by atoms with Gasteiger partial charge in [0, 0.05) is 18.0 Å². The van der Waals surface area contributed by atoms with Gasteiger partial charge in [-0.15, -0.1) is 0 Å². The van der Waals surface area contributed by atoms with E-state index in [9.17, 15) is 5.11 Å². The average Bonchev–Trinajstić information content (AvgIpc) is 2.48. The maximum absolute atomic E-state index is 10.8. The predicted octanol–water partition coefficient (Wildman–Crippen LogP) is 3.96. The molecule has 0 aliphatic heterocycles. The number of aliphatic hydroxyl groups excluding tert-OH is 1. The minimum atomic E-state index is -0.516. The average molecular weight is 357 g/mol. The van der Waals surface area contributed by atoms with Gasteiger partial charge in [-0.25, -0.2) is 0 Å². The van der Waals surface area contributed by atoms with Crippen LogP contribution in [-0.2, 0) is 11.2 Å². The second-order valence-electron chi connectivity index (χ2n) is 6.13. The highest BCUT2D eigenvalue weighted by atomic mass is 79.9. The Hall–Kier alpha value is -0.580. The van der Waals surface area contributed by atoms with Crippen LogP contribution >= 0.6 is 15.9 Å². The smallest absolute Gasteiger partial charge is 0.122 e. The highest BCUT2D eigenvalue weighted by molar-refractivity contribution is 9.10. The molecule has 0 bridgehead atoms. The number of hydrogen-bond donors (Lipinski definition) is 1. The Bertz CT molecular complexity index is 467. The summed E-state index contributed by atoms with van der Waals surface area (Å²) < 4.78 is 12.2. The first-order valence-electron chi connectivity index (χ1n) is 7.56. The number of hydrogen-bond acceptors (Lipinski definition) is 3. The lowest BCUT2D eigenvalue weighted by atomic mass is 9.75. The van der Waals surface area contributed by atoms with Gasteiger partial charge in [0.25, 0.3) is 0 Å². The number of rotatable bonds is 5. The van der Waals surface area contributed by atoms with Gasteiger partial charge in [0.15, 0.2) is 0 Å². The lowest BCUT2D eigenvalue weighted by Gasteiger charge is -2.42. The molecule has 1 saturated carbocycles. The molecule has 2 rings (SSSR count). The standard InChI is InChI=1S/C17H25BrO3/c1-12-6-8-17(21-3,9-7-12)16(19)11-13-10-14(18)4-5-15(13)20-2/h4-5,10,12,16,19H,6-9,11H2,1-3H3. The molecule has 3 nitrogen and oxygen atoms in total. The van der Waals surface area contributed by atoms with Crippen LogP contribution in [0.2, 0.25) is 0 Å². The third kappa shape index (κ3) is 3.79. The summed E-state index contributed by atoms with van der Waals surface area (Å²) >= 11 is 3.48. The largest absolute Gasteiger partial charge is 0.496 e. The van der Waals surface area contributed by atoms with E-state index >= 15 is 0 Å². The molecule has 0 radical (unpaired) electrons. The van der Waals surface area contributed by atoms with Crippen LogP contribution in [0.4, 0.5) is 0 Å². The van der Waals surface area contributed by atoms with Crippen LogP contribution in [0.15, 0.2) is 22.7 Å². The van der Waals surface area contributed by atoms with Gasteiger partial charge in [0.2, 0.25) is 0 Å². The fourth-order valence-electron chi connectivity index (χ4n) is 3.23. The summed E-state index contributed by atoms with van der Waals surface area (Å²) in [5, 5.41) is 10.8. The van der Waals surface area contributed by atoms with Gasteiger partial charge < -0.3 is 14.6 Å². The Morgan fingerprint density at radius 3 is 2.57 bits per heavy atom. The van der Waals surface area contributed by atoms with E-state index in [0.29, 0.717) is 6.42 Å². The molecule has 1 aliphatic rings. The monoisotopic (exact) mass is 356 g/mol. The van der Waals surface area contributed by atoms with Crippen LogP contribution in [0.3, 0.4) is 0 Å². The first-order chi connectivity index (χ1) is 10.0. The number of ether oxygens (including phenoxy) is 2. The van der Waals surface area contributed by atoms with Crippen LogP contribution in [-0.4, -0.2) is 31.0 Å². The van der Waals surface area contributed by atoms with E-state index in [0.717, 1.165) is 47.4 Å². The fourth-order valence-corrected chi connectivity index (χ4v) is 3.63. The second kappa shape index (κ2) is 7.12. The summed E-state index contributed by atoms with van der Waals surface area (Å²) in [6, 6.07) is 5.88. The van der Waals surface area contributed by atoms with Crippen molar-refractivity contribution in [3.8, 4) is 5.75 Å². The minimum Gasteiger partial charge on any atom is -0.496 e. The van der Waals surface area contributed by atoms with Gasteiger partial charge in [-0.3, -0.25) is 0 Å². The molecule has 1 aliphatic carbocycles. The SMILES string of the molecule is COc1ccc(Br)cc1CC(O)C1(OC)CCC(C)CC1. The molecule has 1 fully saturated rings. The van der Waals surface area contributed by atoms with Crippen molar-refractivity contribution in [2.75, 3.05) is 14.2 Å². The summed E-state index contributed by atoms with van der Waals surface area (Å²) in [7, 11) is 3.38. The molecule has 1 unspecified atom stereocenters. The van der Waals surface area contributed by atoms with Gasteiger partial charge in [-0.05, 0) is 55.4 Å². The van der Waals surface area contributed by atoms with Crippen molar-refractivity contribution in [1.29, 1.82) is 0 Å². The van der Waals surface area contributed by atoms with Gasteiger partial charge in [0.05, 0.1) is 18.8 Å². The second-order valence-corrected chi connectivity index (χ2v) is 7.04. The highest BCUT2D eigenvalue weighted by Crippen LogP contribution is 2.38. The van der Waals surface area contributed by atoms with Crippen molar-refractivity contribution in [3.63, 3.8) is 0 Å². The lowest BCUT2D eigenvalue weighted by Crippen LogP contribution is -2.47. The van der Waals surface area contributed by atoms with Crippen molar-refractivity contribution in [2.24, 2.45) is 5.92 Å².